The van der Waals surface area contributed by atoms with Crippen molar-refractivity contribution >= 4 is 11.9 Å². The number of rotatable bonds is 8. The highest BCUT2D eigenvalue weighted by Crippen LogP contribution is 2.17. The molecule has 1 aliphatic heterocycles. The van der Waals surface area contributed by atoms with Crippen molar-refractivity contribution < 1.29 is 19.4 Å². The maximum Gasteiger partial charge on any atom is 0.303 e. The average Bonchev–Trinajstić information content (AvgIpc) is 3.00. The van der Waals surface area contributed by atoms with E-state index < -0.39 is 5.97 Å². The topological polar surface area (TPSA) is 66.8 Å². The van der Waals surface area contributed by atoms with Gasteiger partial charge in [-0.2, -0.15) is 0 Å². The molecule has 1 N–H and O–H groups in total. The van der Waals surface area contributed by atoms with Gasteiger partial charge >= 0.3 is 5.97 Å². The van der Waals surface area contributed by atoms with Crippen LogP contribution in [-0.4, -0.2) is 41.1 Å². The molecule has 1 aromatic carbocycles. The van der Waals surface area contributed by atoms with Crippen LogP contribution < -0.4 is 0 Å². The molecule has 0 bridgehead atoms. The first-order valence-corrected chi connectivity index (χ1v) is 7.80. The number of carbonyl (C=O) groups excluding carboxylic acids is 1. The summed E-state index contributed by atoms with van der Waals surface area (Å²) in [4.78, 5) is 24.9. The normalized spacial score (nSPS) is 17.4. The zero-order chi connectivity index (χ0) is 15.8. The number of hydrogen-bond acceptors (Lipinski definition) is 3. The second-order valence-electron chi connectivity index (χ2n) is 5.64. The average molecular weight is 305 g/mol. The van der Waals surface area contributed by atoms with E-state index in [2.05, 4.69) is 0 Å². The minimum absolute atomic E-state index is 0.0187. The molecule has 0 aromatic heterocycles. The summed E-state index contributed by atoms with van der Waals surface area (Å²) >= 11 is 0. The quantitative estimate of drug-likeness (QED) is 0.801. The van der Waals surface area contributed by atoms with Gasteiger partial charge in [-0.1, -0.05) is 30.3 Å². The maximum atomic E-state index is 12.5. The van der Waals surface area contributed by atoms with Gasteiger partial charge in [0, 0.05) is 26.1 Å². The van der Waals surface area contributed by atoms with Crippen molar-refractivity contribution in [2.24, 2.45) is 0 Å². The van der Waals surface area contributed by atoms with Gasteiger partial charge in [0.1, 0.15) is 0 Å². The molecule has 1 amide bonds. The van der Waals surface area contributed by atoms with Gasteiger partial charge in [0.05, 0.1) is 12.5 Å². The van der Waals surface area contributed by atoms with Crippen molar-refractivity contribution in [3.63, 3.8) is 0 Å². The Balaban J connectivity index is 1.93. The standard InChI is InChI=1S/C17H23NO4/c19-16(12-15-8-5-11-22-15)18(10-4-9-17(20)21)13-14-6-2-1-3-7-14/h1-3,6-7,15H,4-5,8-13H2,(H,20,21). The van der Waals surface area contributed by atoms with Gasteiger partial charge in [0.2, 0.25) is 5.91 Å². The van der Waals surface area contributed by atoms with Crippen molar-refractivity contribution in [2.75, 3.05) is 13.2 Å². The Bertz CT molecular complexity index is 483. The first kappa shape index (κ1) is 16.5. The summed E-state index contributed by atoms with van der Waals surface area (Å²) in [5, 5.41) is 8.76. The molecule has 1 atom stereocenters. The molecule has 5 heteroatoms. The number of hydrogen-bond donors (Lipinski definition) is 1. The Hall–Kier alpha value is -1.88. The number of carboxylic acids is 1. The molecule has 1 unspecified atom stereocenters. The molecule has 1 fully saturated rings. The van der Waals surface area contributed by atoms with Crippen molar-refractivity contribution in [3.8, 4) is 0 Å². The van der Waals surface area contributed by atoms with Crippen LogP contribution in [0.2, 0.25) is 0 Å². The zero-order valence-electron chi connectivity index (χ0n) is 12.7. The van der Waals surface area contributed by atoms with Crippen molar-refractivity contribution in [2.45, 2.75) is 44.8 Å². The third-order valence-corrected chi connectivity index (χ3v) is 3.81. The molecule has 5 nitrogen and oxygen atoms in total. The minimum Gasteiger partial charge on any atom is -0.481 e. The number of amides is 1. The fraction of sp³-hybridized carbons (Fsp3) is 0.529. The molecule has 1 aromatic rings. The number of benzene rings is 1. The van der Waals surface area contributed by atoms with Gasteiger partial charge in [-0.15, -0.1) is 0 Å². The van der Waals surface area contributed by atoms with Crippen molar-refractivity contribution in [1.29, 1.82) is 0 Å². The van der Waals surface area contributed by atoms with E-state index in [0.29, 0.717) is 25.9 Å². The number of carboxylic acid groups (broad SMARTS) is 1. The summed E-state index contributed by atoms with van der Waals surface area (Å²) in [7, 11) is 0. The van der Waals surface area contributed by atoms with Crippen LogP contribution in [0, 0.1) is 0 Å². The van der Waals surface area contributed by atoms with Gasteiger partial charge in [0.15, 0.2) is 0 Å². The summed E-state index contributed by atoms with van der Waals surface area (Å²) in [5.41, 5.74) is 1.05. The van der Waals surface area contributed by atoms with E-state index in [4.69, 9.17) is 9.84 Å². The molecule has 120 valence electrons. The minimum atomic E-state index is -0.828. The number of carbonyl (C=O) groups is 2. The van der Waals surface area contributed by atoms with Gasteiger partial charge < -0.3 is 14.7 Å². The van der Waals surface area contributed by atoms with Crippen LogP contribution in [-0.2, 0) is 20.9 Å². The predicted octanol–water partition coefficient (Wildman–Crippen LogP) is 2.45. The Morgan fingerprint density at radius 3 is 2.68 bits per heavy atom. The van der Waals surface area contributed by atoms with Gasteiger partial charge in [0.25, 0.3) is 0 Å². The molecule has 1 heterocycles. The number of ether oxygens (including phenoxy) is 1. The zero-order valence-corrected chi connectivity index (χ0v) is 12.7. The fourth-order valence-electron chi connectivity index (χ4n) is 2.65. The molecule has 2 rings (SSSR count). The Morgan fingerprint density at radius 2 is 2.05 bits per heavy atom. The molecule has 0 aliphatic carbocycles. The number of aliphatic carboxylic acids is 1. The summed E-state index contributed by atoms with van der Waals surface area (Å²) in [6, 6.07) is 9.77. The van der Waals surface area contributed by atoms with E-state index >= 15 is 0 Å². The van der Waals surface area contributed by atoms with Crippen molar-refractivity contribution in [3.05, 3.63) is 35.9 Å². The van der Waals surface area contributed by atoms with E-state index in [1.165, 1.54) is 0 Å². The van der Waals surface area contributed by atoms with E-state index in [1.807, 2.05) is 30.3 Å². The lowest BCUT2D eigenvalue weighted by atomic mass is 10.1. The molecule has 22 heavy (non-hydrogen) atoms. The lowest BCUT2D eigenvalue weighted by Crippen LogP contribution is -2.34. The summed E-state index contributed by atoms with van der Waals surface area (Å²) < 4.78 is 5.53. The highest BCUT2D eigenvalue weighted by Gasteiger charge is 2.22. The predicted molar refractivity (Wildman–Crippen MR) is 82.3 cm³/mol. The maximum absolute atomic E-state index is 12.5. The van der Waals surface area contributed by atoms with E-state index in [-0.39, 0.29) is 18.4 Å². The third kappa shape index (κ3) is 5.48. The first-order valence-electron chi connectivity index (χ1n) is 7.80. The molecule has 1 saturated heterocycles. The van der Waals surface area contributed by atoms with Crippen LogP contribution in [0.25, 0.3) is 0 Å². The highest BCUT2D eigenvalue weighted by molar-refractivity contribution is 5.76. The van der Waals surface area contributed by atoms with E-state index in [1.54, 1.807) is 4.90 Å². The Morgan fingerprint density at radius 1 is 1.27 bits per heavy atom. The molecule has 0 radical (unpaired) electrons. The van der Waals surface area contributed by atoms with Crippen LogP contribution >= 0.6 is 0 Å². The van der Waals surface area contributed by atoms with Gasteiger partial charge in [-0.3, -0.25) is 9.59 Å². The van der Waals surface area contributed by atoms with Crippen molar-refractivity contribution in [1.82, 2.24) is 4.90 Å². The summed E-state index contributed by atoms with van der Waals surface area (Å²) in [6.07, 6.45) is 2.90. The highest BCUT2D eigenvalue weighted by atomic mass is 16.5. The SMILES string of the molecule is O=C(O)CCCN(Cc1ccccc1)C(=O)CC1CCCO1. The molecule has 0 spiro atoms. The van der Waals surface area contributed by atoms with Gasteiger partial charge in [-0.05, 0) is 24.8 Å². The largest absolute Gasteiger partial charge is 0.481 e. The lowest BCUT2D eigenvalue weighted by molar-refractivity contribution is -0.138. The van der Waals surface area contributed by atoms with Crippen LogP contribution in [0.15, 0.2) is 30.3 Å². The van der Waals surface area contributed by atoms with Crippen LogP contribution in [0.1, 0.15) is 37.7 Å². The smallest absolute Gasteiger partial charge is 0.303 e. The van der Waals surface area contributed by atoms with Gasteiger partial charge in [-0.25, -0.2) is 0 Å². The van der Waals surface area contributed by atoms with E-state index in [0.717, 1.165) is 25.0 Å². The first-order chi connectivity index (χ1) is 10.6. The van der Waals surface area contributed by atoms with Crippen LogP contribution in [0.5, 0.6) is 0 Å². The summed E-state index contributed by atoms with van der Waals surface area (Å²) in [5.74, 6) is -0.785. The third-order valence-electron chi connectivity index (χ3n) is 3.81. The molecule has 1 aliphatic rings. The lowest BCUT2D eigenvalue weighted by Gasteiger charge is -2.24. The van der Waals surface area contributed by atoms with Crippen LogP contribution in [0.4, 0.5) is 0 Å². The second-order valence-corrected chi connectivity index (χ2v) is 5.64. The van der Waals surface area contributed by atoms with E-state index in [9.17, 15) is 9.59 Å². The second kappa shape index (κ2) is 8.54. The Kier molecular flexibility index (Phi) is 6.40. The van der Waals surface area contributed by atoms with Crippen LogP contribution in [0.3, 0.4) is 0 Å². The monoisotopic (exact) mass is 305 g/mol. The molecular formula is C17H23NO4. The summed E-state index contributed by atoms with van der Waals surface area (Å²) in [6.45, 7) is 1.72. The fourth-order valence-corrected chi connectivity index (χ4v) is 2.65. The Labute approximate surface area is 130 Å². The molecule has 0 saturated carbocycles. The number of nitrogens with zero attached hydrogens (tertiary/aromatic N) is 1. The molecular weight excluding hydrogens is 282 g/mol.